The first-order valence-corrected chi connectivity index (χ1v) is 9.77. The molecule has 2 atom stereocenters. The number of nitrogens with one attached hydrogen (secondary N) is 1. The van der Waals surface area contributed by atoms with Crippen LogP contribution in [-0.4, -0.2) is 28.0 Å². The van der Waals surface area contributed by atoms with Crippen LogP contribution in [0.1, 0.15) is 32.6 Å². The van der Waals surface area contributed by atoms with E-state index in [1.165, 1.54) is 18.2 Å². The number of benzene rings is 1. The molecule has 2 heterocycles. The van der Waals surface area contributed by atoms with Crippen LogP contribution in [0.15, 0.2) is 28.3 Å². The van der Waals surface area contributed by atoms with E-state index < -0.39 is 5.66 Å². The molecule has 1 saturated carbocycles. The van der Waals surface area contributed by atoms with Gasteiger partial charge in [-0.05, 0) is 49.6 Å². The van der Waals surface area contributed by atoms with Gasteiger partial charge in [-0.3, -0.25) is 15.1 Å². The molecule has 1 aromatic carbocycles. The van der Waals surface area contributed by atoms with Crippen LogP contribution in [0.2, 0.25) is 5.02 Å². The number of carbonyl (C=O) groups is 1. The Morgan fingerprint density at radius 3 is 3.04 bits per heavy atom. The maximum absolute atomic E-state index is 12.8. The highest BCUT2D eigenvalue weighted by molar-refractivity contribution is 8.13. The van der Waals surface area contributed by atoms with Gasteiger partial charge in [-0.15, -0.1) is 5.10 Å². The summed E-state index contributed by atoms with van der Waals surface area (Å²) in [5.41, 5.74) is 0.0986. The molecule has 126 valence electrons. The van der Waals surface area contributed by atoms with Crippen LogP contribution in [0.25, 0.3) is 5.70 Å². The lowest BCUT2D eigenvalue weighted by atomic mass is 9.81. The van der Waals surface area contributed by atoms with Gasteiger partial charge in [-0.2, -0.15) is 0 Å². The molecule has 2 aliphatic heterocycles. The standard InChI is InChI=1S/C17H19ClN4OS/c1-10-4-3-7-17(9-10)20-13-6-5-11(18)8-12(13)14-15(23)19-16(24-2)21-22(14)17/h5-6,8,10H,3-4,7,9H2,1-2H3,(H,19,21,23)/t10-,17+/m0/s1. The van der Waals surface area contributed by atoms with Gasteiger partial charge in [0, 0.05) is 10.2 Å². The first-order chi connectivity index (χ1) is 11.5. The minimum atomic E-state index is -0.466. The molecule has 0 radical (unpaired) electrons. The Morgan fingerprint density at radius 2 is 2.29 bits per heavy atom. The largest absolute Gasteiger partial charge is 0.298 e. The average molecular weight is 363 g/mol. The van der Waals surface area contributed by atoms with Gasteiger partial charge < -0.3 is 0 Å². The predicted molar refractivity (Wildman–Crippen MR) is 96.9 cm³/mol. The molecular formula is C17H19ClN4OS. The number of carbonyl (C=O) groups excluding carboxylic acids is 1. The van der Waals surface area contributed by atoms with Crippen molar-refractivity contribution >= 4 is 40.1 Å². The molecule has 1 spiro atoms. The van der Waals surface area contributed by atoms with E-state index in [0.717, 1.165) is 29.8 Å². The smallest absolute Gasteiger partial charge is 0.276 e. The van der Waals surface area contributed by atoms with Crippen molar-refractivity contribution in [3.05, 3.63) is 33.8 Å². The van der Waals surface area contributed by atoms with Crippen LogP contribution in [0, 0.1) is 5.92 Å². The number of thioether (sulfide) groups is 1. The van der Waals surface area contributed by atoms with Crippen molar-refractivity contribution in [2.24, 2.45) is 16.0 Å². The summed E-state index contributed by atoms with van der Waals surface area (Å²) in [6.07, 6.45) is 5.99. The Morgan fingerprint density at radius 1 is 1.46 bits per heavy atom. The van der Waals surface area contributed by atoms with Crippen LogP contribution >= 0.6 is 23.4 Å². The molecular weight excluding hydrogens is 344 g/mol. The minimum absolute atomic E-state index is 0.134. The van der Waals surface area contributed by atoms with Crippen LogP contribution in [0.4, 0.5) is 0 Å². The van der Waals surface area contributed by atoms with Crippen molar-refractivity contribution in [3.63, 3.8) is 0 Å². The molecule has 24 heavy (non-hydrogen) atoms. The molecule has 7 heteroatoms. The minimum Gasteiger partial charge on any atom is -0.298 e. The van der Waals surface area contributed by atoms with E-state index in [0.29, 0.717) is 21.8 Å². The van der Waals surface area contributed by atoms with Crippen molar-refractivity contribution in [2.75, 3.05) is 6.26 Å². The van der Waals surface area contributed by atoms with Gasteiger partial charge in [-0.1, -0.05) is 36.7 Å². The normalized spacial score (nSPS) is 28.7. The van der Waals surface area contributed by atoms with Crippen LogP contribution < -0.4 is 15.9 Å². The number of hydrogen-bond acceptors (Lipinski definition) is 5. The summed E-state index contributed by atoms with van der Waals surface area (Å²) in [5.74, 6) is 0.417. The van der Waals surface area contributed by atoms with Gasteiger partial charge in [-0.25, -0.2) is 5.01 Å². The number of hydrogen-bond donors (Lipinski definition) is 1. The van der Waals surface area contributed by atoms with Gasteiger partial charge in [0.2, 0.25) is 0 Å². The third-order valence-electron chi connectivity index (χ3n) is 4.92. The van der Waals surface area contributed by atoms with Gasteiger partial charge in [0.1, 0.15) is 5.70 Å². The molecule has 1 fully saturated rings. The van der Waals surface area contributed by atoms with E-state index in [1.54, 1.807) is 6.07 Å². The summed E-state index contributed by atoms with van der Waals surface area (Å²) in [4.78, 5) is 17.9. The van der Waals surface area contributed by atoms with E-state index >= 15 is 0 Å². The molecule has 1 aromatic rings. The number of hydrazone groups is 1. The maximum atomic E-state index is 12.8. The first kappa shape index (κ1) is 16.0. The summed E-state index contributed by atoms with van der Waals surface area (Å²) >= 11 is 7.60. The maximum Gasteiger partial charge on any atom is 0.276 e. The molecule has 4 rings (SSSR count). The number of fused-ring (bicyclic) bond motifs is 3. The van der Waals surface area contributed by atoms with Crippen molar-refractivity contribution in [3.8, 4) is 0 Å². The lowest BCUT2D eigenvalue weighted by molar-refractivity contribution is -0.116. The highest BCUT2D eigenvalue weighted by atomic mass is 35.5. The summed E-state index contributed by atoms with van der Waals surface area (Å²) in [7, 11) is 0. The van der Waals surface area contributed by atoms with E-state index in [2.05, 4.69) is 12.2 Å². The second kappa shape index (κ2) is 5.77. The number of rotatable bonds is 0. The lowest BCUT2D eigenvalue weighted by Gasteiger charge is -2.46. The van der Waals surface area contributed by atoms with Gasteiger partial charge in [0.05, 0.1) is 5.36 Å². The monoisotopic (exact) mass is 362 g/mol. The van der Waals surface area contributed by atoms with E-state index in [9.17, 15) is 4.79 Å². The Balaban J connectivity index is 2.02. The predicted octanol–water partition coefficient (Wildman–Crippen LogP) is 2.05. The van der Waals surface area contributed by atoms with E-state index in [4.69, 9.17) is 21.7 Å². The fourth-order valence-electron chi connectivity index (χ4n) is 3.90. The van der Waals surface area contributed by atoms with E-state index in [1.807, 2.05) is 23.4 Å². The Labute approximate surface area is 149 Å². The summed E-state index contributed by atoms with van der Waals surface area (Å²) in [6, 6.07) is 5.54. The molecule has 1 aliphatic carbocycles. The molecule has 0 aromatic heterocycles. The fraction of sp³-hybridized carbons (Fsp3) is 0.471. The zero-order valence-corrected chi connectivity index (χ0v) is 15.2. The van der Waals surface area contributed by atoms with Crippen LogP contribution in [0.3, 0.4) is 0 Å². The number of amides is 1. The molecule has 0 bridgehead atoms. The van der Waals surface area contributed by atoms with Crippen molar-refractivity contribution in [2.45, 2.75) is 38.3 Å². The fourth-order valence-corrected chi connectivity index (χ4v) is 4.43. The molecule has 1 N–H and O–H groups in total. The third-order valence-corrected chi connectivity index (χ3v) is 5.72. The van der Waals surface area contributed by atoms with Crippen LogP contribution in [0.5, 0.6) is 0 Å². The summed E-state index contributed by atoms with van der Waals surface area (Å²) < 4.78 is 0. The van der Waals surface area contributed by atoms with Gasteiger partial charge in [0.25, 0.3) is 5.91 Å². The summed E-state index contributed by atoms with van der Waals surface area (Å²) in [6.45, 7) is 2.25. The molecule has 1 amide bonds. The quantitative estimate of drug-likeness (QED) is 0.768. The average Bonchev–Trinajstić information content (AvgIpc) is 2.55. The van der Waals surface area contributed by atoms with Crippen LogP contribution in [-0.2, 0) is 4.79 Å². The third kappa shape index (κ3) is 2.43. The van der Waals surface area contributed by atoms with Gasteiger partial charge in [0.15, 0.2) is 10.8 Å². The SMILES string of the molecule is CSC1=NN2C(=c3cc(Cl)ccc3=N[C@]23CCC[C@H](C)C3)C(=O)N1. The van der Waals surface area contributed by atoms with Gasteiger partial charge >= 0.3 is 0 Å². The number of amidine groups is 1. The van der Waals surface area contributed by atoms with Crippen molar-refractivity contribution in [1.29, 1.82) is 0 Å². The van der Waals surface area contributed by atoms with Crippen molar-refractivity contribution in [1.82, 2.24) is 10.3 Å². The number of nitrogens with zero attached hydrogens (tertiary/aromatic N) is 3. The number of halogens is 1. The highest BCUT2D eigenvalue weighted by Crippen LogP contribution is 2.41. The Hall–Kier alpha value is -1.53. The van der Waals surface area contributed by atoms with E-state index in [-0.39, 0.29) is 5.91 Å². The Kier molecular flexibility index (Phi) is 3.84. The molecule has 3 aliphatic rings. The first-order valence-electron chi connectivity index (χ1n) is 8.16. The molecule has 0 saturated heterocycles. The second-order valence-corrected chi connectivity index (χ2v) is 7.91. The lowest BCUT2D eigenvalue weighted by Crippen LogP contribution is -2.59. The zero-order chi connectivity index (χ0) is 16.9. The highest BCUT2D eigenvalue weighted by Gasteiger charge is 2.46. The zero-order valence-electron chi connectivity index (χ0n) is 13.7. The summed E-state index contributed by atoms with van der Waals surface area (Å²) in [5, 5.41) is 12.3. The second-order valence-electron chi connectivity index (χ2n) is 6.68. The van der Waals surface area contributed by atoms with Crippen molar-refractivity contribution < 1.29 is 4.79 Å². The Bertz CT molecular complexity index is 868. The molecule has 0 unspecified atom stereocenters. The molecule has 5 nitrogen and oxygen atoms in total. The topological polar surface area (TPSA) is 57.1 Å².